The summed E-state index contributed by atoms with van der Waals surface area (Å²) in [5.41, 5.74) is 0.625. The molecule has 0 aliphatic heterocycles. The number of carbonyl (C=O) groups is 1. The molecule has 0 aliphatic carbocycles. The number of nitrogens with zero attached hydrogens (tertiary/aromatic N) is 2. The van der Waals surface area contributed by atoms with E-state index in [0.717, 1.165) is 16.7 Å². The second-order valence-corrected chi connectivity index (χ2v) is 7.43. The lowest BCUT2D eigenvalue weighted by atomic mass is 10.1. The Kier molecular flexibility index (Phi) is 4.90. The molecular weight excluding hydrogens is 296 g/mol. The number of aromatic nitrogens is 2. The average molecular weight is 318 g/mol. The van der Waals surface area contributed by atoms with Gasteiger partial charge in [-0.2, -0.15) is 0 Å². The Hall–Kier alpha value is -1.82. The maximum atomic E-state index is 12.2. The van der Waals surface area contributed by atoms with E-state index in [1.54, 1.807) is 0 Å². The topological polar surface area (TPSA) is 66.9 Å². The largest absolute Gasteiger partial charge is 0.372 e. The number of thioether (sulfide) groups is 1. The Morgan fingerprint density at radius 3 is 2.55 bits per heavy atom. The van der Waals surface area contributed by atoms with Crippen LogP contribution in [-0.2, 0) is 4.79 Å². The molecule has 1 heterocycles. The number of anilines is 1. The summed E-state index contributed by atoms with van der Waals surface area (Å²) < 4.78 is 0. The highest BCUT2D eigenvalue weighted by atomic mass is 32.2. The van der Waals surface area contributed by atoms with Gasteiger partial charge in [0.05, 0.1) is 10.8 Å². The summed E-state index contributed by atoms with van der Waals surface area (Å²) in [5.74, 6) is 0.761. The number of fused-ring (bicyclic) bond motifs is 1. The summed E-state index contributed by atoms with van der Waals surface area (Å²) >= 11 is 1.36. The molecule has 1 atom stereocenters. The molecule has 1 aromatic carbocycles. The molecule has 5 nitrogen and oxygen atoms in total. The summed E-state index contributed by atoms with van der Waals surface area (Å²) in [7, 11) is 1.83. The van der Waals surface area contributed by atoms with E-state index in [-0.39, 0.29) is 16.7 Å². The zero-order chi connectivity index (χ0) is 16.3. The van der Waals surface area contributed by atoms with Crippen LogP contribution < -0.4 is 10.6 Å². The summed E-state index contributed by atoms with van der Waals surface area (Å²) in [6, 6.07) is 7.82. The second kappa shape index (κ2) is 6.52. The third-order valence-electron chi connectivity index (χ3n) is 2.97. The van der Waals surface area contributed by atoms with E-state index in [1.165, 1.54) is 11.8 Å². The molecule has 2 rings (SSSR count). The molecule has 6 heteroatoms. The first-order valence-electron chi connectivity index (χ1n) is 7.23. The SMILES string of the molecule is CNc1nc(S[C@@H](C)C(=O)NC(C)(C)C)nc2ccccc12. The number of nitrogens with one attached hydrogen (secondary N) is 2. The summed E-state index contributed by atoms with van der Waals surface area (Å²) in [4.78, 5) is 21.2. The highest BCUT2D eigenvalue weighted by Gasteiger charge is 2.21. The van der Waals surface area contributed by atoms with Crippen molar-refractivity contribution in [2.45, 2.75) is 43.6 Å². The van der Waals surface area contributed by atoms with Gasteiger partial charge in [0, 0.05) is 18.0 Å². The molecule has 22 heavy (non-hydrogen) atoms. The molecule has 118 valence electrons. The first-order valence-corrected chi connectivity index (χ1v) is 8.11. The summed E-state index contributed by atoms with van der Waals surface area (Å²) in [6.45, 7) is 7.76. The molecule has 1 amide bonds. The molecule has 2 N–H and O–H groups in total. The van der Waals surface area contributed by atoms with Gasteiger partial charge in [0.25, 0.3) is 0 Å². The van der Waals surface area contributed by atoms with E-state index < -0.39 is 0 Å². The van der Waals surface area contributed by atoms with Crippen LogP contribution >= 0.6 is 11.8 Å². The lowest BCUT2D eigenvalue weighted by Gasteiger charge is -2.22. The molecule has 0 saturated heterocycles. The maximum Gasteiger partial charge on any atom is 0.233 e. The number of benzene rings is 1. The predicted octanol–water partition coefficient (Wildman–Crippen LogP) is 3.07. The van der Waals surface area contributed by atoms with Gasteiger partial charge < -0.3 is 10.6 Å². The van der Waals surface area contributed by atoms with E-state index in [1.807, 2.05) is 59.0 Å². The number of amides is 1. The van der Waals surface area contributed by atoms with Crippen LogP contribution in [0.5, 0.6) is 0 Å². The van der Waals surface area contributed by atoms with Gasteiger partial charge in [-0.1, -0.05) is 23.9 Å². The van der Waals surface area contributed by atoms with Gasteiger partial charge in [-0.25, -0.2) is 9.97 Å². The van der Waals surface area contributed by atoms with Crippen molar-refractivity contribution in [3.05, 3.63) is 24.3 Å². The third-order valence-corrected chi connectivity index (χ3v) is 3.93. The number of hydrogen-bond donors (Lipinski definition) is 2. The van der Waals surface area contributed by atoms with Crippen molar-refractivity contribution in [2.75, 3.05) is 12.4 Å². The molecule has 0 radical (unpaired) electrons. The number of carbonyl (C=O) groups excluding carboxylic acids is 1. The molecular formula is C16H22N4OS. The predicted molar refractivity (Wildman–Crippen MR) is 92.3 cm³/mol. The molecule has 2 aromatic rings. The molecule has 0 bridgehead atoms. The minimum Gasteiger partial charge on any atom is -0.372 e. The highest BCUT2D eigenvalue weighted by molar-refractivity contribution is 8.00. The van der Waals surface area contributed by atoms with Crippen molar-refractivity contribution < 1.29 is 4.79 Å². The molecule has 0 fully saturated rings. The van der Waals surface area contributed by atoms with Crippen LogP contribution in [0.1, 0.15) is 27.7 Å². The smallest absolute Gasteiger partial charge is 0.233 e. The van der Waals surface area contributed by atoms with Crippen LogP contribution in [0.15, 0.2) is 29.4 Å². The van der Waals surface area contributed by atoms with Gasteiger partial charge in [-0.05, 0) is 39.8 Å². The highest BCUT2D eigenvalue weighted by Crippen LogP contribution is 2.26. The zero-order valence-corrected chi connectivity index (χ0v) is 14.4. The van der Waals surface area contributed by atoms with Crippen LogP contribution in [0.25, 0.3) is 10.9 Å². The minimum atomic E-state index is -0.259. The van der Waals surface area contributed by atoms with E-state index in [0.29, 0.717) is 5.16 Å². The lowest BCUT2D eigenvalue weighted by Crippen LogP contribution is -2.44. The van der Waals surface area contributed by atoms with Crippen molar-refractivity contribution in [1.29, 1.82) is 0 Å². The van der Waals surface area contributed by atoms with E-state index in [2.05, 4.69) is 20.6 Å². The molecule has 0 spiro atoms. The van der Waals surface area contributed by atoms with Gasteiger partial charge in [0.1, 0.15) is 5.82 Å². The lowest BCUT2D eigenvalue weighted by molar-refractivity contribution is -0.121. The normalized spacial score (nSPS) is 13.0. The van der Waals surface area contributed by atoms with Crippen LogP contribution in [-0.4, -0.2) is 33.7 Å². The van der Waals surface area contributed by atoms with Gasteiger partial charge in [0.15, 0.2) is 5.16 Å². The Labute approximate surface area is 135 Å². The first-order chi connectivity index (χ1) is 10.3. The Morgan fingerprint density at radius 2 is 1.91 bits per heavy atom. The van der Waals surface area contributed by atoms with E-state index >= 15 is 0 Å². The first kappa shape index (κ1) is 16.5. The Morgan fingerprint density at radius 1 is 1.23 bits per heavy atom. The van der Waals surface area contributed by atoms with Gasteiger partial charge in [-0.15, -0.1) is 0 Å². The quantitative estimate of drug-likeness (QED) is 0.670. The average Bonchev–Trinajstić information content (AvgIpc) is 2.44. The zero-order valence-electron chi connectivity index (χ0n) is 13.6. The monoisotopic (exact) mass is 318 g/mol. The number of para-hydroxylation sites is 1. The maximum absolute atomic E-state index is 12.2. The number of hydrogen-bond acceptors (Lipinski definition) is 5. The van der Waals surface area contributed by atoms with Crippen LogP contribution in [0.4, 0.5) is 5.82 Å². The van der Waals surface area contributed by atoms with Crippen LogP contribution in [0, 0.1) is 0 Å². The Balaban J connectivity index is 2.22. The van der Waals surface area contributed by atoms with Crippen molar-refractivity contribution in [3.63, 3.8) is 0 Å². The van der Waals surface area contributed by atoms with Crippen molar-refractivity contribution in [1.82, 2.24) is 15.3 Å². The standard InChI is InChI=1S/C16H22N4OS/c1-10(14(21)20-16(2,3)4)22-15-18-12-9-7-6-8-11(12)13(17-5)19-15/h6-10H,1-5H3,(H,20,21)(H,17,18,19)/t10-/m0/s1. The fraction of sp³-hybridized carbons (Fsp3) is 0.438. The molecule has 0 saturated carbocycles. The molecule has 0 aliphatic rings. The van der Waals surface area contributed by atoms with Crippen molar-refractivity contribution in [2.24, 2.45) is 0 Å². The second-order valence-electron chi connectivity index (χ2n) is 6.12. The van der Waals surface area contributed by atoms with E-state index in [4.69, 9.17) is 0 Å². The summed E-state index contributed by atoms with van der Waals surface area (Å²) in [5, 5.41) is 7.37. The fourth-order valence-corrected chi connectivity index (χ4v) is 2.76. The minimum absolute atomic E-state index is 0.0136. The van der Waals surface area contributed by atoms with Crippen molar-refractivity contribution >= 4 is 34.4 Å². The summed E-state index contributed by atoms with van der Waals surface area (Å²) in [6.07, 6.45) is 0. The van der Waals surface area contributed by atoms with Crippen LogP contribution in [0.3, 0.4) is 0 Å². The van der Waals surface area contributed by atoms with E-state index in [9.17, 15) is 4.79 Å². The molecule has 1 aromatic heterocycles. The van der Waals surface area contributed by atoms with Crippen molar-refractivity contribution in [3.8, 4) is 0 Å². The van der Waals surface area contributed by atoms with Gasteiger partial charge in [-0.3, -0.25) is 4.79 Å². The van der Waals surface area contributed by atoms with Gasteiger partial charge in [0.2, 0.25) is 5.91 Å². The third kappa shape index (κ3) is 4.10. The van der Waals surface area contributed by atoms with Crippen LogP contribution in [0.2, 0.25) is 0 Å². The molecule has 0 unspecified atom stereocenters. The van der Waals surface area contributed by atoms with Gasteiger partial charge >= 0.3 is 0 Å². The fourth-order valence-electron chi connectivity index (χ4n) is 1.98. The number of rotatable bonds is 4. The Bertz CT molecular complexity index is 681.